The molecule has 41 heavy (non-hydrogen) atoms. The molecule has 1 N–H and O–H groups in total. The monoisotopic (exact) mass is 576 g/mol. The Morgan fingerprint density at radius 3 is 2.46 bits per heavy atom. The van der Waals surface area contributed by atoms with Gasteiger partial charge in [0.05, 0.1) is 18.9 Å². The number of amides is 2. The van der Waals surface area contributed by atoms with Gasteiger partial charge < -0.3 is 14.0 Å². The molecule has 9 heteroatoms. The molecule has 1 aliphatic heterocycles. The highest BCUT2D eigenvalue weighted by Gasteiger charge is 2.50. The minimum absolute atomic E-state index is 0.0988. The van der Waals surface area contributed by atoms with Crippen LogP contribution in [0, 0.1) is 0 Å². The fourth-order valence-corrected chi connectivity index (χ4v) is 5.75. The molecule has 1 aromatic heterocycles. The van der Waals surface area contributed by atoms with Crippen LogP contribution in [0.4, 0.5) is 9.18 Å². The summed E-state index contributed by atoms with van der Waals surface area (Å²) in [5.74, 6) is 0.799. The first-order valence-corrected chi connectivity index (χ1v) is 14.7. The fourth-order valence-electron chi connectivity index (χ4n) is 4.95. The van der Waals surface area contributed by atoms with Crippen molar-refractivity contribution in [3.05, 3.63) is 89.1 Å². The number of aryl methyl sites for hydroxylation is 2. The minimum atomic E-state index is -2.41. The van der Waals surface area contributed by atoms with E-state index in [1.807, 2.05) is 23.5 Å². The van der Waals surface area contributed by atoms with E-state index in [2.05, 4.69) is 43.3 Å². The van der Waals surface area contributed by atoms with Gasteiger partial charge in [-0.15, -0.1) is 0 Å². The summed E-state index contributed by atoms with van der Waals surface area (Å²) in [4.78, 5) is 23.2. The highest BCUT2D eigenvalue weighted by Crippen LogP contribution is 2.43. The fraction of sp³-hybridized carbons (Fsp3) is 0.344. The number of ether oxygens (including phenoxy) is 2. The molecule has 5 rings (SSSR count). The average Bonchev–Trinajstić information content (AvgIpc) is 3.52. The maximum Gasteiger partial charge on any atom is 0.289 e. The smallest absolute Gasteiger partial charge is 0.289 e. The Balaban J connectivity index is 1.15. The van der Waals surface area contributed by atoms with Crippen LogP contribution in [-0.4, -0.2) is 29.5 Å². The van der Waals surface area contributed by atoms with Crippen molar-refractivity contribution >= 4 is 33.9 Å². The largest absolute Gasteiger partial charge is 0.493 e. The van der Waals surface area contributed by atoms with Gasteiger partial charge in [0.2, 0.25) is 0 Å². The highest BCUT2D eigenvalue weighted by molar-refractivity contribution is 8.15. The third-order valence-electron chi connectivity index (χ3n) is 7.24. The Hall–Kier alpha value is -3.85. The van der Waals surface area contributed by atoms with Gasteiger partial charge in [-0.2, -0.15) is 0 Å². The molecule has 2 heterocycles. The van der Waals surface area contributed by atoms with Crippen LogP contribution in [0.5, 0.6) is 11.5 Å². The number of nitrogens with zero attached hydrogens (tertiary/aromatic N) is 1. The van der Waals surface area contributed by atoms with E-state index in [0.717, 1.165) is 53.7 Å². The van der Waals surface area contributed by atoms with E-state index in [0.29, 0.717) is 43.1 Å². The minimum Gasteiger partial charge on any atom is -0.493 e. The molecule has 2 unspecified atom stereocenters. The first-order valence-electron chi connectivity index (χ1n) is 13.9. The third kappa shape index (κ3) is 6.40. The lowest BCUT2D eigenvalue weighted by molar-refractivity contribution is -0.126. The lowest BCUT2D eigenvalue weighted by Crippen LogP contribution is -2.30. The Morgan fingerprint density at radius 1 is 1.00 bits per heavy atom. The molecule has 0 spiro atoms. The number of benzene rings is 3. The van der Waals surface area contributed by atoms with Gasteiger partial charge in [-0.1, -0.05) is 67.9 Å². The summed E-state index contributed by atoms with van der Waals surface area (Å²) in [6.07, 6.45) is 4.22. The Morgan fingerprint density at radius 2 is 1.76 bits per heavy atom. The number of thioether (sulfide) groups is 1. The zero-order valence-electron chi connectivity index (χ0n) is 23.2. The number of hydrogen-bond acceptors (Lipinski definition) is 7. The predicted octanol–water partition coefficient (Wildman–Crippen LogP) is 7.47. The van der Waals surface area contributed by atoms with E-state index in [-0.39, 0.29) is 5.56 Å². The first kappa shape index (κ1) is 28.7. The van der Waals surface area contributed by atoms with Crippen molar-refractivity contribution in [2.24, 2.45) is 0 Å². The van der Waals surface area contributed by atoms with Gasteiger partial charge in [-0.05, 0) is 66.8 Å². The zero-order valence-corrected chi connectivity index (χ0v) is 24.0. The van der Waals surface area contributed by atoms with E-state index in [9.17, 15) is 14.0 Å². The maximum absolute atomic E-state index is 14.9. The van der Waals surface area contributed by atoms with Gasteiger partial charge in [0, 0.05) is 22.9 Å². The molecule has 7 nitrogen and oxygen atoms in total. The van der Waals surface area contributed by atoms with Crippen LogP contribution in [0.15, 0.2) is 71.3 Å². The quantitative estimate of drug-likeness (QED) is 0.165. The first-order chi connectivity index (χ1) is 19.9. The number of nitrogens with one attached hydrogen (secondary N) is 1. The molecule has 1 aliphatic rings. The van der Waals surface area contributed by atoms with Gasteiger partial charge >= 0.3 is 0 Å². The van der Waals surface area contributed by atoms with E-state index in [4.69, 9.17) is 14.0 Å². The van der Waals surface area contributed by atoms with Crippen LogP contribution in [-0.2, 0) is 22.6 Å². The third-order valence-corrected chi connectivity index (χ3v) is 8.23. The summed E-state index contributed by atoms with van der Waals surface area (Å²) in [7, 11) is 0. The maximum atomic E-state index is 14.9. The number of carbonyl (C=O) groups excluding carboxylic acids is 2. The van der Waals surface area contributed by atoms with Crippen LogP contribution in [0.2, 0.25) is 0 Å². The molecule has 214 valence electrons. The average molecular weight is 577 g/mol. The SMILES string of the molecule is CCCc1c(OCCCOc2ccc(C3(F)SC(=O)NC3=O)cc2)ccc2c(CCC(C)c3ccccc3)noc12. The summed E-state index contributed by atoms with van der Waals surface area (Å²) in [5.41, 5.74) is 4.23. The number of alkyl halides is 1. The highest BCUT2D eigenvalue weighted by atomic mass is 32.2. The molecule has 1 fully saturated rings. The number of fused-ring (bicyclic) bond motifs is 1. The van der Waals surface area contributed by atoms with Crippen molar-refractivity contribution in [1.29, 1.82) is 0 Å². The van der Waals surface area contributed by atoms with Gasteiger partial charge in [-0.3, -0.25) is 14.9 Å². The standard InChI is InChI=1S/C32H33FN2O5S/c1-3-8-26-28(18-16-25-27(35-40-29(25)26)17-11-21(2)22-9-5-4-6-10-22)39-20-7-19-38-24-14-12-23(13-15-24)32(33)30(36)34-31(37)41-32/h4-6,9-10,12-16,18,21H,3,7-8,11,17,19-20H2,1-2H3,(H,34,36,37). The van der Waals surface area contributed by atoms with Crippen molar-refractivity contribution < 1.29 is 28.0 Å². The van der Waals surface area contributed by atoms with Crippen molar-refractivity contribution in [2.75, 3.05) is 13.2 Å². The topological polar surface area (TPSA) is 90.7 Å². The second-order valence-corrected chi connectivity index (χ2v) is 11.3. The normalized spacial score (nSPS) is 17.5. The Bertz CT molecular complexity index is 1510. The predicted molar refractivity (Wildman–Crippen MR) is 157 cm³/mol. The van der Waals surface area contributed by atoms with Gasteiger partial charge in [0.1, 0.15) is 11.5 Å². The Labute approximate surface area is 242 Å². The van der Waals surface area contributed by atoms with E-state index >= 15 is 0 Å². The summed E-state index contributed by atoms with van der Waals surface area (Å²) in [5, 5.41) is 4.33. The molecule has 2 atom stereocenters. The summed E-state index contributed by atoms with van der Waals surface area (Å²) in [6.45, 7) is 5.21. The van der Waals surface area contributed by atoms with Crippen LogP contribution >= 0.6 is 11.8 Å². The lowest BCUT2D eigenvalue weighted by Gasteiger charge is -2.15. The summed E-state index contributed by atoms with van der Waals surface area (Å²) < 4.78 is 32.6. The number of hydrogen-bond donors (Lipinski definition) is 1. The molecular weight excluding hydrogens is 543 g/mol. The molecule has 0 radical (unpaired) electrons. The number of halogens is 1. The van der Waals surface area contributed by atoms with Crippen LogP contribution in [0.1, 0.15) is 61.4 Å². The molecule has 1 saturated heterocycles. The Kier molecular flexibility index (Phi) is 8.93. The van der Waals surface area contributed by atoms with Gasteiger partial charge in [0.25, 0.3) is 16.1 Å². The van der Waals surface area contributed by atoms with E-state index in [1.54, 1.807) is 12.1 Å². The molecule has 0 aliphatic carbocycles. The molecule has 3 aromatic carbocycles. The van der Waals surface area contributed by atoms with Crippen molar-refractivity contribution in [1.82, 2.24) is 10.5 Å². The summed E-state index contributed by atoms with van der Waals surface area (Å²) in [6, 6.07) is 20.6. The second kappa shape index (κ2) is 12.8. The van der Waals surface area contributed by atoms with Crippen LogP contribution in [0.25, 0.3) is 11.0 Å². The molecule has 2 amide bonds. The van der Waals surface area contributed by atoms with E-state index in [1.165, 1.54) is 17.7 Å². The van der Waals surface area contributed by atoms with Crippen molar-refractivity contribution in [2.45, 2.75) is 56.9 Å². The van der Waals surface area contributed by atoms with Crippen molar-refractivity contribution in [3.8, 4) is 11.5 Å². The second-order valence-electron chi connectivity index (χ2n) is 10.2. The van der Waals surface area contributed by atoms with Crippen LogP contribution < -0.4 is 14.8 Å². The van der Waals surface area contributed by atoms with Crippen molar-refractivity contribution in [3.63, 3.8) is 0 Å². The van der Waals surface area contributed by atoms with Crippen LogP contribution in [0.3, 0.4) is 0 Å². The summed E-state index contributed by atoms with van der Waals surface area (Å²) >= 11 is 0.332. The number of rotatable bonds is 13. The molecule has 0 saturated carbocycles. The van der Waals surface area contributed by atoms with Gasteiger partial charge in [-0.25, -0.2) is 4.39 Å². The van der Waals surface area contributed by atoms with Gasteiger partial charge in [0.15, 0.2) is 5.58 Å². The molecule has 0 bridgehead atoms. The zero-order chi connectivity index (χ0) is 28.8. The molecular formula is C32H33FN2O5S. The lowest BCUT2D eigenvalue weighted by atomic mass is 9.94. The molecule has 4 aromatic rings. The number of imide groups is 1. The van der Waals surface area contributed by atoms with E-state index < -0.39 is 16.1 Å². The number of aromatic nitrogens is 1. The number of carbonyl (C=O) groups is 2.